The van der Waals surface area contributed by atoms with Crippen LogP contribution in [-0.4, -0.2) is 9.97 Å². The van der Waals surface area contributed by atoms with Crippen molar-refractivity contribution in [2.24, 2.45) is 0 Å². The zero-order valence-corrected chi connectivity index (χ0v) is 17.7. The number of rotatable bonds is 2. The molecule has 33 heavy (non-hydrogen) atoms. The molecule has 2 aromatic heterocycles. The van der Waals surface area contributed by atoms with E-state index >= 15 is 0 Å². The number of aromatic nitrogens is 2. The number of fused-ring (bicyclic) bond motifs is 6. The van der Waals surface area contributed by atoms with Crippen LogP contribution in [0.15, 0.2) is 114 Å². The SMILES string of the molecule is c1ccc(-c2nc(-c3ccc4ccc5c6ccccc6oc5c4c3)nc3ccccc23)cc1. The summed E-state index contributed by atoms with van der Waals surface area (Å²) in [6.45, 7) is 0. The third-order valence-electron chi connectivity index (χ3n) is 6.27. The van der Waals surface area contributed by atoms with Gasteiger partial charge in [-0.1, -0.05) is 84.9 Å². The Bertz CT molecular complexity index is 1820. The third kappa shape index (κ3) is 2.83. The van der Waals surface area contributed by atoms with Gasteiger partial charge in [-0.05, 0) is 29.7 Å². The van der Waals surface area contributed by atoms with Gasteiger partial charge in [0.2, 0.25) is 0 Å². The van der Waals surface area contributed by atoms with Crippen LogP contribution in [0.25, 0.3) is 66.3 Å². The van der Waals surface area contributed by atoms with Crippen molar-refractivity contribution in [2.45, 2.75) is 0 Å². The third-order valence-corrected chi connectivity index (χ3v) is 6.27. The summed E-state index contributed by atoms with van der Waals surface area (Å²) in [5.41, 5.74) is 5.73. The average Bonchev–Trinajstić information content (AvgIpc) is 3.27. The van der Waals surface area contributed by atoms with Gasteiger partial charge in [0, 0.05) is 32.7 Å². The van der Waals surface area contributed by atoms with E-state index in [-0.39, 0.29) is 0 Å². The van der Waals surface area contributed by atoms with Gasteiger partial charge in [-0.2, -0.15) is 0 Å². The first-order valence-corrected chi connectivity index (χ1v) is 11.0. The minimum absolute atomic E-state index is 0.711. The molecule has 7 aromatic rings. The predicted molar refractivity (Wildman–Crippen MR) is 135 cm³/mol. The second kappa shape index (κ2) is 7.01. The van der Waals surface area contributed by atoms with Crippen molar-refractivity contribution in [1.29, 1.82) is 0 Å². The van der Waals surface area contributed by atoms with E-state index in [2.05, 4.69) is 54.6 Å². The van der Waals surface area contributed by atoms with Crippen LogP contribution in [0.1, 0.15) is 0 Å². The van der Waals surface area contributed by atoms with Gasteiger partial charge in [-0.25, -0.2) is 9.97 Å². The zero-order valence-electron chi connectivity index (χ0n) is 17.7. The predicted octanol–water partition coefficient (Wildman–Crippen LogP) is 8.02. The van der Waals surface area contributed by atoms with E-state index in [1.54, 1.807) is 0 Å². The van der Waals surface area contributed by atoms with Crippen molar-refractivity contribution in [2.75, 3.05) is 0 Å². The standard InChI is InChI=1S/C30H18N2O/c1-2-8-20(9-3-1)28-24-11-4-6-12-26(24)31-30(32-28)21-15-14-19-16-17-23-22-10-5-7-13-27(22)33-29(23)25(19)18-21/h1-18H. The molecule has 0 spiro atoms. The number of benzene rings is 5. The molecule has 0 fully saturated rings. The van der Waals surface area contributed by atoms with Crippen molar-refractivity contribution >= 4 is 43.6 Å². The van der Waals surface area contributed by atoms with Crippen LogP contribution in [0.3, 0.4) is 0 Å². The van der Waals surface area contributed by atoms with Gasteiger partial charge in [-0.3, -0.25) is 0 Å². The van der Waals surface area contributed by atoms with Crippen molar-refractivity contribution in [3.8, 4) is 22.6 Å². The minimum atomic E-state index is 0.711. The molecule has 0 unspecified atom stereocenters. The van der Waals surface area contributed by atoms with Crippen molar-refractivity contribution < 1.29 is 4.42 Å². The molecule has 0 saturated heterocycles. The monoisotopic (exact) mass is 422 g/mol. The van der Waals surface area contributed by atoms with Gasteiger partial charge in [0.1, 0.15) is 11.2 Å². The molecule has 0 saturated carbocycles. The van der Waals surface area contributed by atoms with E-state index in [9.17, 15) is 0 Å². The van der Waals surface area contributed by atoms with E-state index in [4.69, 9.17) is 14.4 Å². The summed E-state index contributed by atoms with van der Waals surface area (Å²) in [5, 5.41) is 5.51. The summed E-state index contributed by atoms with van der Waals surface area (Å²) in [6, 6.07) is 37.3. The quantitative estimate of drug-likeness (QED) is 0.283. The van der Waals surface area contributed by atoms with Crippen molar-refractivity contribution in [3.05, 3.63) is 109 Å². The van der Waals surface area contributed by atoms with Gasteiger partial charge < -0.3 is 4.42 Å². The number of nitrogens with zero attached hydrogens (tertiary/aromatic N) is 2. The molecule has 154 valence electrons. The maximum absolute atomic E-state index is 6.28. The van der Waals surface area contributed by atoms with Crippen LogP contribution in [0.5, 0.6) is 0 Å². The number of hydrogen-bond donors (Lipinski definition) is 0. The van der Waals surface area contributed by atoms with Crippen LogP contribution in [0, 0.1) is 0 Å². The molecular formula is C30H18N2O. The molecule has 0 N–H and O–H groups in total. The topological polar surface area (TPSA) is 38.9 Å². The maximum atomic E-state index is 6.28. The molecule has 7 rings (SSSR count). The van der Waals surface area contributed by atoms with Gasteiger partial charge in [0.25, 0.3) is 0 Å². The second-order valence-corrected chi connectivity index (χ2v) is 8.26. The Morgan fingerprint density at radius 2 is 1.27 bits per heavy atom. The lowest BCUT2D eigenvalue weighted by molar-refractivity contribution is 0.672. The summed E-state index contributed by atoms with van der Waals surface area (Å²) in [4.78, 5) is 9.95. The first kappa shape index (κ1) is 18.1. The van der Waals surface area contributed by atoms with Crippen LogP contribution in [-0.2, 0) is 0 Å². The Labute approximate surface area is 190 Å². The molecule has 0 atom stereocenters. The first-order valence-electron chi connectivity index (χ1n) is 11.0. The molecule has 0 amide bonds. The zero-order chi connectivity index (χ0) is 21.8. The lowest BCUT2D eigenvalue weighted by Crippen LogP contribution is -1.95. The summed E-state index contributed by atoms with van der Waals surface area (Å²) in [7, 11) is 0. The highest BCUT2D eigenvalue weighted by atomic mass is 16.3. The molecule has 5 aromatic carbocycles. The molecular weight excluding hydrogens is 404 g/mol. The van der Waals surface area contributed by atoms with Gasteiger partial charge in [-0.15, -0.1) is 0 Å². The fourth-order valence-corrected chi connectivity index (χ4v) is 4.66. The van der Waals surface area contributed by atoms with Gasteiger partial charge in [0.05, 0.1) is 11.2 Å². The van der Waals surface area contributed by atoms with Gasteiger partial charge in [0.15, 0.2) is 5.82 Å². The van der Waals surface area contributed by atoms with E-state index in [0.717, 1.165) is 60.4 Å². The Morgan fingerprint density at radius 3 is 2.18 bits per heavy atom. The highest BCUT2D eigenvalue weighted by molar-refractivity contribution is 6.15. The smallest absolute Gasteiger partial charge is 0.160 e. The fraction of sp³-hybridized carbons (Fsp3) is 0. The molecule has 0 radical (unpaired) electrons. The Balaban J connectivity index is 1.50. The minimum Gasteiger partial charge on any atom is -0.455 e. The number of furan rings is 1. The number of para-hydroxylation sites is 2. The van der Waals surface area contributed by atoms with Crippen LogP contribution >= 0.6 is 0 Å². The van der Waals surface area contributed by atoms with Crippen LogP contribution in [0.4, 0.5) is 0 Å². The lowest BCUT2D eigenvalue weighted by Gasteiger charge is -2.10. The second-order valence-electron chi connectivity index (χ2n) is 8.26. The maximum Gasteiger partial charge on any atom is 0.160 e. The highest BCUT2D eigenvalue weighted by Gasteiger charge is 2.14. The molecule has 0 aliphatic heterocycles. The molecule has 0 aliphatic carbocycles. The normalized spacial score (nSPS) is 11.6. The number of hydrogen-bond acceptors (Lipinski definition) is 3. The van der Waals surface area contributed by atoms with Gasteiger partial charge >= 0.3 is 0 Å². The summed E-state index contributed by atoms with van der Waals surface area (Å²) in [6.07, 6.45) is 0. The van der Waals surface area contributed by atoms with E-state index < -0.39 is 0 Å². The molecule has 0 bridgehead atoms. The van der Waals surface area contributed by atoms with Crippen LogP contribution < -0.4 is 0 Å². The molecule has 0 aliphatic rings. The first-order chi connectivity index (χ1) is 16.3. The molecule has 3 nitrogen and oxygen atoms in total. The summed E-state index contributed by atoms with van der Waals surface area (Å²) in [5.74, 6) is 0.711. The summed E-state index contributed by atoms with van der Waals surface area (Å²) < 4.78 is 6.28. The average molecular weight is 422 g/mol. The Kier molecular flexibility index (Phi) is 3.84. The Morgan fingerprint density at radius 1 is 0.515 bits per heavy atom. The van der Waals surface area contributed by atoms with Crippen molar-refractivity contribution in [1.82, 2.24) is 9.97 Å². The highest BCUT2D eigenvalue weighted by Crippen LogP contribution is 2.36. The van der Waals surface area contributed by atoms with Crippen LogP contribution in [0.2, 0.25) is 0 Å². The van der Waals surface area contributed by atoms with E-state index in [1.807, 2.05) is 54.6 Å². The fourth-order valence-electron chi connectivity index (χ4n) is 4.66. The lowest BCUT2D eigenvalue weighted by atomic mass is 10.0. The van der Waals surface area contributed by atoms with E-state index in [1.165, 1.54) is 0 Å². The Hall–Kier alpha value is -4.50. The molecule has 3 heteroatoms. The largest absolute Gasteiger partial charge is 0.455 e. The van der Waals surface area contributed by atoms with E-state index in [0.29, 0.717) is 5.82 Å². The summed E-state index contributed by atoms with van der Waals surface area (Å²) >= 11 is 0. The van der Waals surface area contributed by atoms with Crippen molar-refractivity contribution in [3.63, 3.8) is 0 Å². The molecule has 2 heterocycles.